The molecule has 0 atom stereocenters. The van der Waals surface area contributed by atoms with E-state index in [1.165, 1.54) is 0 Å². The summed E-state index contributed by atoms with van der Waals surface area (Å²) >= 11 is 0. The number of benzene rings is 1. The van der Waals surface area contributed by atoms with Crippen LogP contribution in [0.3, 0.4) is 0 Å². The number of hydrogen-bond donors (Lipinski definition) is 0. The Morgan fingerprint density at radius 1 is 1.05 bits per heavy atom. The van der Waals surface area contributed by atoms with E-state index in [1.807, 2.05) is 6.92 Å². The zero-order valence-electron chi connectivity index (χ0n) is 12.2. The van der Waals surface area contributed by atoms with Crippen LogP contribution in [0.2, 0.25) is 0 Å². The highest BCUT2D eigenvalue weighted by atomic mass is 32.2. The summed E-state index contributed by atoms with van der Waals surface area (Å²) in [5, 5.41) is 0. The van der Waals surface area contributed by atoms with Gasteiger partial charge in [0, 0.05) is 18.3 Å². The van der Waals surface area contributed by atoms with Gasteiger partial charge in [0.25, 0.3) is 5.56 Å². The molecule has 1 aromatic heterocycles. The summed E-state index contributed by atoms with van der Waals surface area (Å²) in [4.78, 5) is 12.2. The summed E-state index contributed by atoms with van der Waals surface area (Å²) in [7, 11) is -3.29. The predicted octanol–water partition coefficient (Wildman–Crippen LogP) is 2.33. The Balaban J connectivity index is 2.04. The van der Waals surface area contributed by atoms with Gasteiger partial charge in [-0.15, -0.1) is 0 Å². The van der Waals surface area contributed by atoms with Crippen molar-refractivity contribution in [2.45, 2.75) is 31.7 Å². The van der Waals surface area contributed by atoms with Crippen LogP contribution in [0.5, 0.6) is 0 Å². The van der Waals surface area contributed by atoms with Gasteiger partial charge in [0.15, 0.2) is 9.84 Å². The molecule has 0 saturated heterocycles. The average Bonchev–Trinajstić information content (AvgIpc) is 2.44. The van der Waals surface area contributed by atoms with Crippen molar-refractivity contribution in [2.75, 3.05) is 5.75 Å². The van der Waals surface area contributed by atoms with E-state index in [1.54, 1.807) is 54.1 Å². The first-order valence-electron chi connectivity index (χ1n) is 6.85. The molecule has 0 spiro atoms. The van der Waals surface area contributed by atoms with Crippen LogP contribution in [0.4, 0.5) is 0 Å². The van der Waals surface area contributed by atoms with Crippen LogP contribution >= 0.6 is 0 Å². The Morgan fingerprint density at radius 2 is 1.71 bits per heavy atom. The SMILES string of the molecule is Cc1ccc(S(=O)(=O)CCCn2cccc(C)c2=O)cc1. The topological polar surface area (TPSA) is 56.1 Å². The summed E-state index contributed by atoms with van der Waals surface area (Å²) in [6.45, 7) is 4.08. The molecule has 0 aliphatic carbocycles. The second-order valence-electron chi connectivity index (χ2n) is 5.18. The lowest BCUT2D eigenvalue weighted by Gasteiger charge is -2.07. The highest BCUT2D eigenvalue weighted by Gasteiger charge is 2.13. The second-order valence-corrected chi connectivity index (χ2v) is 7.28. The lowest BCUT2D eigenvalue weighted by molar-refractivity contribution is 0.583. The molecule has 2 rings (SSSR count). The molecule has 0 aliphatic heterocycles. The average molecular weight is 305 g/mol. The minimum Gasteiger partial charge on any atom is -0.315 e. The van der Waals surface area contributed by atoms with Crippen LogP contribution in [0.15, 0.2) is 52.3 Å². The van der Waals surface area contributed by atoms with Crippen molar-refractivity contribution in [3.63, 3.8) is 0 Å². The standard InChI is InChI=1S/C16H19NO3S/c1-13-6-8-15(9-7-13)21(19,20)12-4-11-17-10-3-5-14(2)16(17)18/h3,5-10H,4,11-12H2,1-2H3. The van der Waals surface area contributed by atoms with Gasteiger partial charge in [0.05, 0.1) is 10.6 Å². The molecule has 0 fully saturated rings. The number of aryl methyl sites for hydroxylation is 3. The summed E-state index contributed by atoms with van der Waals surface area (Å²) < 4.78 is 26.0. The van der Waals surface area contributed by atoms with E-state index in [0.717, 1.165) is 5.56 Å². The van der Waals surface area contributed by atoms with Crippen molar-refractivity contribution in [1.29, 1.82) is 0 Å². The van der Waals surface area contributed by atoms with Gasteiger partial charge in [-0.2, -0.15) is 0 Å². The summed E-state index contributed by atoms with van der Waals surface area (Å²) in [5.74, 6) is 0.0381. The van der Waals surface area contributed by atoms with E-state index >= 15 is 0 Å². The first kappa shape index (κ1) is 15.5. The lowest BCUT2D eigenvalue weighted by atomic mass is 10.2. The monoisotopic (exact) mass is 305 g/mol. The number of hydrogen-bond acceptors (Lipinski definition) is 3. The molecule has 1 heterocycles. The van der Waals surface area contributed by atoms with Crippen LogP contribution in [0.1, 0.15) is 17.5 Å². The maximum absolute atomic E-state index is 12.2. The fourth-order valence-corrected chi connectivity index (χ4v) is 3.42. The van der Waals surface area contributed by atoms with E-state index in [4.69, 9.17) is 0 Å². The van der Waals surface area contributed by atoms with Crippen molar-refractivity contribution < 1.29 is 8.42 Å². The van der Waals surface area contributed by atoms with Gasteiger partial charge in [-0.3, -0.25) is 4.79 Å². The van der Waals surface area contributed by atoms with E-state index in [2.05, 4.69) is 0 Å². The summed E-state index contributed by atoms with van der Waals surface area (Å²) in [5.41, 5.74) is 1.63. The van der Waals surface area contributed by atoms with E-state index in [-0.39, 0.29) is 11.3 Å². The number of sulfone groups is 1. The molecule has 0 aliphatic rings. The normalized spacial score (nSPS) is 11.5. The Labute approximate surface area is 125 Å². The molecule has 0 amide bonds. The van der Waals surface area contributed by atoms with E-state index in [9.17, 15) is 13.2 Å². The molecule has 0 bridgehead atoms. The van der Waals surface area contributed by atoms with Crippen molar-refractivity contribution in [2.24, 2.45) is 0 Å². The fourth-order valence-electron chi connectivity index (χ4n) is 2.12. The van der Waals surface area contributed by atoms with Crippen LogP contribution in [0.25, 0.3) is 0 Å². The van der Waals surface area contributed by atoms with Crippen LogP contribution < -0.4 is 5.56 Å². The zero-order chi connectivity index (χ0) is 15.5. The molecule has 1 aromatic carbocycles. The fraction of sp³-hybridized carbons (Fsp3) is 0.312. The van der Waals surface area contributed by atoms with Crippen molar-refractivity contribution in [3.05, 3.63) is 64.1 Å². The molecular formula is C16H19NO3S. The van der Waals surface area contributed by atoms with Gasteiger partial charge in [-0.05, 0) is 38.5 Å². The maximum atomic E-state index is 12.2. The van der Waals surface area contributed by atoms with Gasteiger partial charge < -0.3 is 4.57 Å². The van der Waals surface area contributed by atoms with Gasteiger partial charge in [0.2, 0.25) is 0 Å². The second kappa shape index (κ2) is 6.26. The molecule has 112 valence electrons. The quantitative estimate of drug-likeness (QED) is 0.852. The molecular weight excluding hydrogens is 286 g/mol. The highest BCUT2D eigenvalue weighted by Crippen LogP contribution is 2.13. The van der Waals surface area contributed by atoms with Crippen LogP contribution in [-0.2, 0) is 16.4 Å². The molecule has 0 radical (unpaired) electrons. The Kier molecular flexibility index (Phi) is 4.63. The number of aromatic nitrogens is 1. The van der Waals surface area contributed by atoms with Gasteiger partial charge in [0.1, 0.15) is 0 Å². The van der Waals surface area contributed by atoms with E-state index < -0.39 is 9.84 Å². The third-order valence-electron chi connectivity index (χ3n) is 3.40. The third-order valence-corrected chi connectivity index (χ3v) is 5.22. The number of rotatable bonds is 5. The predicted molar refractivity (Wildman–Crippen MR) is 83.3 cm³/mol. The van der Waals surface area contributed by atoms with Crippen LogP contribution in [-0.4, -0.2) is 18.7 Å². The molecule has 0 unspecified atom stereocenters. The minimum atomic E-state index is -3.29. The summed E-state index contributed by atoms with van der Waals surface area (Å²) in [6.07, 6.45) is 2.10. The molecule has 4 nitrogen and oxygen atoms in total. The van der Waals surface area contributed by atoms with E-state index in [0.29, 0.717) is 23.4 Å². The van der Waals surface area contributed by atoms with Crippen molar-refractivity contribution >= 4 is 9.84 Å². The number of nitrogens with zero attached hydrogens (tertiary/aromatic N) is 1. The molecule has 0 N–H and O–H groups in total. The maximum Gasteiger partial charge on any atom is 0.253 e. The molecule has 2 aromatic rings. The smallest absolute Gasteiger partial charge is 0.253 e. The van der Waals surface area contributed by atoms with Gasteiger partial charge in [-0.1, -0.05) is 23.8 Å². The molecule has 5 heteroatoms. The van der Waals surface area contributed by atoms with Crippen LogP contribution in [0, 0.1) is 13.8 Å². The van der Waals surface area contributed by atoms with Gasteiger partial charge in [-0.25, -0.2) is 8.42 Å². The lowest BCUT2D eigenvalue weighted by Crippen LogP contribution is -2.22. The zero-order valence-corrected chi connectivity index (χ0v) is 13.1. The Hall–Kier alpha value is -1.88. The molecule has 0 saturated carbocycles. The summed E-state index contributed by atoms with van der Waals surface area (Å²) in [6, 6.07) is 10.4. The third kappa shape index (κ3) is 3.82. The first-order chi connectivity index (χ1) is 9.90. The highest BCUT2D eigenvalue weighted by molar-refractivity contribution is 7.91. The molecule has 21 heavy (non-hydrogen) atoms. The number of pyridine rings is 1. The largest absolute Gasteiger partial charge is 0.315 e. The minimum absolute atomic E-state index is 0.0381. The Morgan fingerprint density at radius 3 is 2.38 bits per heavy atom. The Bertz CT molecular complexity index is 774. The van der Waals surface area contributed by atoms with Crippen molar-refractivity contribution in [1.82, 2.24) is 4.57 Å². The van der Waals surface area contributed by atoms with Crippen molar-refractivity contribution in [3.8, 4) is 0 Å². The van der Waals surface area contributed by atoms with Gasteiger partial charge >= 0.3 is 0 Å². The first-order valence-corrected chi connectivity index (χ1v) is 8.51.